The van der Waals surface area contributed by atoms with Gasteiger partial charge in [-0.15, -0.1) is 0 Å². The Morgan fingerprint density at radius 2 is 1.84 bits per heavy atom. The quantitative estimate of drug-likeness (QED) is 0.551. The Balaban J connectivity index is 0.00000180. The lowest BCUT2D eigenvalue weighted by Gasteiger charge is -2.30. The van der Waals surface area contributed by atoms with Gasteiger partial charge in [-0.2, -0.15) is 0 Å². The van der Waals surface area contributed by atoms with E-state index >= 15 is 0 Å². The van der Waals surface area contributed by atoms with Gasteiger partial charge >= 0.3 is 5.71 Å². The SMILES string of the molecule is CP(C(=O)O[C@@H]1C[C@@H]2CC[C@H]1C2(C)C)C(C)(C)C.[B]. The minimum Gasteiger partial charge on any atom is -0.459 e. The molecule has 0 saturated heterocycles. The number of rotatable bonds is 2. The molecule has 2 aliphatic carbocycles. The number of ether oxygens (including phenoxy) is 1. The highest BCUT2D eigenvalue weighted by atomic mass is 31.1. The fourth-order valence-electron chi connectivity index (χ4n) is 3.57. The third-order valence-electron chi connectivity index (χ3n) is 5.33. The van der Waals surface area contributed by atoms with Gasteiger partial charge in [0.05, 0.1) is 0 Å². The molecule has 2 rings (SSSR count). The van der Waals surface area contributed by atoms with Crippen molar-refractivity contribution in [2.45, 2.75) is 65.1 Å². The number of hydrogen-bond acceptors (Lipinski definition) is 2. The molecule has 0 aromatic carbocycles. The van der Waals surface area contributed by atoms with Crippen LogP contribution in [0.3, 0.4) is 0 Å². The summed E-state index contributed by atoms with van der Waals surface area (Å²) in [6.07, 6.45) is 3.86. The summed E-state index contributed by atoms with van der Waals surface area (Å²) in [5.74, 6) is 1.35. The van der Waals surface area contributed by atoms with Crippen LogP contribution in [0.5, 0.6) is 0 Å². The number of carbonyl (C=O) groups is 1. The first-order valence-corrected chi connectivity index (χ1v) is 8.87. The molecule has 3 radical (unpaired) electrons. The summed E-state index contributed by atoms with van der Waals surface area (Å²) in [6, 6.07) is 0. The van der Waals surface area contributed by atoms with Crippen LogP contribution in [0, 0.1) is 17.3 Å². The molecule has 0 aromatic heterocycles. The maximum atomic E-state index is 12.2. The summed E-state index contributed by atoms with van der Waals surface area (Å²) in [7, 11) is -0.700. The maximum absolute atomic E-state index is 12.2. The largest absolute Gasteiger partial charge is 0.459 e. The van der Waals surface area contributed by atoms with E-state index in [1.54, 1.807) is 0 Å². The first kappa shape index (κ1) is 17.0. The van der Waals surface area contributed by atoms with Gasteiger partial charge < -0.3 is 4.74 Å². The van der Waals surface area contributed by atoms with Crippen molar-refractivity contribution < 1.29 is 9.53 Å². The zero-order valence-electron chi connectivity index (χ0n) is 13.2. The van der Waals surface area contributed by atoms with E-state index in [0.29, 0.717) is 11.3 Å². The fourth-order valence-corrected chi connectivity index (χ4v) is 4.41. The van der Waals surface area contributed by atoms with E-state index in [9.17, 15) is 4.79 Å². The van der Waals surface area contributed by atoms with Crippen LogP contribution in [0.4, 0.5) is 4.79 Å². The van der Waals surface area contributed by atoms with Crippen molar-refractivity contribution in [1.29, 1.82) is 0 Å². The van der Waals surface area contributed by atoms with Gasteiger partial charge in [0.15, 0.2) is 0 Å². The molecular formula is C15H27BO2P. The molecule has 2 fully saturated rings. The molecule has 2 saturated carbocycles. The normalized spacial score (nSPS) is 33.7. The second-order valence-corrected chi connectivity index (χ2v) is 10.4. The molecule has 1 unspecified atom stereocenters. The fraction of sp³-hybridized carbons (Fsp3) is 0.933. The van der Waals surface area contributed by atoms with Crippen LogP contribution in [0.15, 0.2) is 0 Å². The third-order valence-corrected chi connectivity index (χ3v) is 8.00. The number of fused-ring (bicyclic) bond motifs is 2. The highest BCUT2D eigenvalue weighted by molar-refractivity contribution is 7.74. The van der Waals surface area contributed by atoms with Crippen molar-refractivity contribution in [3.63, 3.8) is 0 Å². The van der Waals surface area contributed by atoms with Crippen molar-refractivity contribution in [3.8, 4) is 0 Å². The molecule has 4 heteroatoms. The molecule has 0 aliphatic heterocycles. The monoisotopic (exact) mass is 281 g/mol. The van der Waals surface area contributed by atoms with Gasteiger partial charge in [0.1, 0.15) is 6.10 Å². The lowest BCUT2D eigenvalue weighted by atomic mass is 9.82. The molecule has 2 nitrogen and oxygen atoms in total. The average molecular weight is 281 g/mol. The topological polar surface area (TPSA) is 26.3 Å². The van der Waals surface area contributed by atoms with Crippen LogP contribution in [0.25, 0.3) is 0 Å². The molecule has 0 spiro atoms. The first-order valence-electron chi connectivity index (χ1n) is 7.08. The van der Waals surface area contributed by atoms with E-state index in [-0.39, 0.29) is 25.4 Å². The predicted molar refractivity (Wildman–Crippen MR) is 83.2 cm³/mol. The van der Waals surface area contributed by atoms with E-state index in [1.165, 1.54) is 12.8 Å². The molecular weight excluding hydrogens is 254 g/mol. The Kier molecular flexibility index (Phi) is 4.83. The highest BCUT2D eigenvalue weighted by Crippen LogP contribution is 2.59. The van der Waals surface area contributed by atoms with Crippen molar-refractivity contribution in [1.82, 2.24) is 0 Å². The summed E-state index contributed by atoms with van der Waals surface area (Å²) in [6.45, 7) is 13.1. The minimum absolute atomic E-state index is 0. The van der Waals surface area contributed by atoms with E-state index in [1.807, 2.05) is 0 Å². The third kappa shape index (κ3) is 3.02. The second-order valence-electron chi connectivity index (χ2n) is 7.59. The van der Waals surface area contributed by atoms with Gasteiger partial charge in [0.25, 0.3) is 0 Å². The highest BCUT2D eigenvalue weighted by Gasteiger charge is 2.55. The smallest absolute Gasteiger partial charge is 0.326 e. The summed E-state index contributed by atoms with van der Waals surface area (Å²) < 4.78 is 5.86. The predicted octanol–water partition coefficient (Wildman–Crippen LogP) is 4.48. The Labute approximate surface area is 121 Å². The number of carbonyl (C=O) groups excluding carboxylic acids is 1. The van der Waals surface area contributed by atoms with Gasteiger partial charge in [-0.1, -0.05) is 34.6 Å². The van der Waals surface area contributed by atoms with Crippen molar-refractivity contribution in [2.75, 3.05) is 6.66 Å². The second kappa shape index (κ2) is 5.39. The summed E-state index contributed by atoms with van der Waals surface area (Å²) >= 11 is 0. The summed E-state index contributed by atoms with van der Waals surface area (Å²) in [5.41, 5.74) is 0.439. The molecule has 0 amide bonds. The van der Waals surface area contributed by atoms with Gasteiger partial charge in [-0.05, 0) is 42.4 Å². The number of hydrogen-bond donors (Lipinski definition) is 0. The molecule has 0 heterocycles. The van der Waals surface area contributed by atoms with Gasteiger partial charge in [0.2, 0.25) is 0 Å². The molecule has 0 N–H and O–H groups in total. The zero-order valence-corrected chi connectivity index (χ0v) is 14.1. The van der Waals surface area contributed by atoms with E-state index in [4.69, 9.17) is 4.74 Å². The molecule has 107 valence electrons. The van der Waals surface area contributed by atoms with Gasteiger partial charge in [-0.3, -0.25) is 0 Å². The molecule has 2 bridgehead atoms. The van der Waals surface area contributed by atoms with E-state index in [0.717, 1.165) is 12.3 Å². The van der Waals surface area contributed by atoms with Crippen LogP contribution in [0.2, 0.25) is 0 Å². The Morgan fingerprint density at radius 3 is 2.21 bits per heavy atom. The first-order chi connectivity index (χ1) is 8.14. The minimum atomic E-state index is -0.700. The molecule has 0 aromatic rings. The van der Waals surface area contributed by atoms with Crippen LogP contribution < -0.4 is 0 Å². The summed E-state index contributed by atoms with van der Waals surface area (Å²) in [4.78, 5) is 12.2. The van der Waals surface area contributed by atoms with Crippen LogP contribution >= 0.6 is 7.92 Å². The van der Waals surface area contributed by atoms with Crippen molar-refractivity contribution in [3.05, 3.63) is 0 Å². The lowest BCUT2D eigenvalue weighted by molar-refractivity contribution is 0.0718. The lowest BCUT2D eigenvalue weighted by Crippen LogP contribution is -2.28. The van der Waals surface area contributed by atoms with Gasteiger partial charge in [0, 0.05) is 22.3 Å². The van der Waals surface area contributed by atoms with Gasteiger partial charge in [-0.25, -0.2) is 4.79 Å². The van der Waals surface area contributed by atoms with Crippen molar-refractivity contribution in [2.24, 2.45) is 17.3 Å². The van der Waals surface area contributed by atoms with E-state index < -0.39 is 7.92 Å². The average Bonchev–Trinajstić information content (AvgIpc) is 2.64. The van der Waals surface area contributed by atoms with Crippen LogP contribution in [0.1, 0.15) is 53.9 Å². The molecule has 19 heavy (non-hydrogen) atoms. The Bertz CT molecular complexity index is 349. The van der Waals surface area contributed by atoms with E-state index in [2.05, 4.69) is 41.3 Å². The zero-order chi connectivity index (χ0) is 13.7. The molecule has 4 atom stereocenters. The van der Waals surface area contributed by atoms with Crippen molar-refractivity contribution >= 4 is 22.0 Å². The molecule has 2 aliphatic rings. The maximum Gasteiger partial charge on any atom is 0.326 e. The standard InChI is InChI=1S/C15H27O2P.B/c1-14(2,3)18(6)13(16)17-12-9-10-7-8-11(12)15(10,4)5;/h10-12H,7-9H2,1-6H3;/t10-,11+,12+,18?;/m0./s1. The Hall–Kier alpha value is -0.0351. The van der Waals surface area contributed by atoms with Crippen LogP contribution in [-0.4, -0.2) is 32.0 Å². The summed E-state index contributed by atoms with van der Waals surface area (Å²) in [5, 5.41) is 0.0551. The Morgan fingerprint density at radius 1 is 1.26 bits per heavy atom. The van der Waals surface area contributed by atoms with Crippen LogP contribution in [-0.2, 0) is 4.74 Å².